The molecule has 0 bridgehead atoms. The van der Waals surface area contributed by atoms with Gasteiger partial charge in [0.25, 0.3) is 0 Å². The average molecular weight is 374 g/mol. The fourth-order valence-corrected chi connectivity index (χ4v) is 4.50. The Labute approximate surface area is 137 Å². The molecule has 0 aliphatic heterocycles. The summed E-state index contributed by atoms with van der Waals surface area (Å²) in [5.74, 6) is 0.475. The van der Waals surface area contributed by atoms with E-state index in [1.807, 2.05) is 0 Å². The molecule has 20 heavy (non-hydrogen) atoms. The van der Waals surface area contributed by atoms with Crippen LogP contribution in [0, 0.1) is 0 Å². The van der Waals surface area contributed by atoms with Gasteiger partial charge in [0.15, 0.2) is 5.13 Å². The second kappa shape index (κ2) is 7.02. The summed E-state index contributed by atoms with van der Waals surface area (Å²) in [6, 6.07) is 2.16. The summed E-state index contributed by atoms with van der Waals surface area (Å²) in [5, 5.41) is 3.17. The average Bonchev–Trinajstić information content (AvgIpc) is 3.04. The van der Waals surface area contributed by atoms with Crippen LogP contribution in [-0.2, 0) is 13.1 Å². The molecule has 0 saturated heterocycles. The fraction of sp³-hybridized carbons (Fsp3) is 0.500. The number of anilines is 1. The van der Waals surface area contributed by atoms with E-state index in [4.69, 9.17) is 10.7 Å². The molecule has 2 rings (SSSR count). The molecule has 2 aromatic rings. The number of hydrogen-bond acceptors (Lipinski definition) is 5. The zero-order valence-corrected chi connectivity index (χ0v) is 15.2. The van der Waals surface area contributed by atoms with Crippen LogP contribution in [0.3, 0.4) is 0 Å². The predicted octanol–water partition coefficient (Wildman–Crippen LogP) is 4.58. The summed E-state index contributed by atoms with van der Waals surface area (Å²) in [4.78, 5) is 9.56. The smallest absolute Gasteiger partial charge is 0.185 e. The molecule has 0 aromatic carbocycles. The fourth-order valence-electron chi connectivity index (χ4n) is 1.98. The first-order valence-electron chi connectivity index (χ1n) is 6.68. The monoisotopic (exact) mass is 373 g/mol. The van der Waals surface area contributed by atoms with Crippen molar-refractivity contribution in [1.29, 1.82) is 0 Å². The lowest BCUT2D eigenvalue weighted by Crippen LogP contribution is -2.15. The number of aromatic nitrogens is 1. The first-order chi connectivity index (χ1) is 9.55. The Bertz CT molecular complexity index is 565. The quantitative estimate of drug-likeness (QED) is 0.805. The summed E-state index contributed by atoms with van der Waals surface area (Å²) < 4.78 is 1.15. The van der Waals surface area contributed by atoms with E-state index >= 15 is 0 Å². The van der Waals surface area contributed by atoms with Crippen LogP contribution in [0.4, 0.5) is 5.13 Å². The van der Waals surface area contributed by atoms with Gasteiger partial charge in [-0.3, -0.25) is 0 Å². The topological polar surface area (TPSA) is 42.2 Å². The van der Waals surface area contributed by atoms with E-state index in [1.54, 1.807) is 22.7 Å². The third-order valence-electron chi connectivity index (χ3n) is 3.32. The molecule has 110 valence electrons. The highest BCUT2D eigenvalue weighted by atomic mass is 79.9. The highest BCUT2D eigenvalue weighted by Gasteiger charge is 2.17. The minimum Gasteiger partial charge on any atom is -0.346 e. The number of hydrogen-bond donors (Lipinski definition) is 1. The molecule has 6 heteroatoms. The molecular weight excluding hydrogens is 354 g/mol. The molecule has 2 N–H and O–H groups in total. The maximum atomic E-state index is 5.86. The molecule has 1 atom stereocenters. The maximum Gasteiger partial charge on any atom is 0.185 e. The van der Waals surface area contributed by atoms with Gasteiger partial charge in [-0.25, -0.2) is 4.98 Å². The highest BCUT2D eigenvalue weighted by molar-refractivity contribution is 9.10. The van der Waals surface area contributed by atoms with E-state index < -0.39 is 0 Å². The van der Waals surface area contributed by atoms with Crippen LogP contribution < -0.4 is 10.6 Å². The van der Waals surface area contributed by atoms with Crippen molar-refractivity contribution < 1.29 is 0 Å². The zero-order valence-electron chi connectivity index (χ0n) is 12.0. The minimum absolute atomic E-state index is 0.475. The normalized spacial score (nSPS) is 12.7. The third kappa shape index (κ3) is 3.61. The standard InChI is InChI=1S/C14H20BrN3S2/c1-4-9(2)13-12(6-16)20-14(17-13)18(3)7-11-5-10(15)8-19-11/h5,8-9H,4,6-7,16H2,1-3H3. The SMILES string of the molecule is CCC(C)c1nc(N(C)Cc2cc(Br)cs2)sc1CN. The molecule has 1 unspecified atom stereocenters. The number of thiophene rings is 1. The molecule has 0 radical (unpaired) electrons. The van der Waals surface area contributed by atoms with E-state index in [1.165, 1.54) is 15.4 Å². The molecule has 0 spiro atoms. The molecule has 2 heterocycles. The van der Waals surface area contributed by atoms with Gasteiger partial charge in [0.2, 0.25) is 0 Å². The molecule has 2 aromatic heterocycles. The van der Waals surface area contributed by atoms with Crippen LogP contribution >= 0.6 is 38.6 Å². The number of halogens is 1. The van der Waals surface area contributed by atoms with E-state index in [-0.39, 0.29) is 0 Å². The van der Waals surface area contributed by atoms with Gasteiger partial charge >= 0.3 is 0 Å². The van der Waals surface area contributed by atoms with Crippen LogP contribution in [0.2, 0.25) is 0 Å². The van der Waals surface area contributed by atoms with Crippen molar-refractivity contribution in [2.45, 2.75) is 39.3 Å². The molecular formula is C14H20BrN3S2. The van der Waals surface area contributed by atoms with E-state index in [9.17, 15) is 0 Å². The number of nitrogens with two attached hydrogens (primary N) is 1. The molecule has 0 saturated carbocycles. The lowest BCUT2D eigenvalue weighted by Gasteiger charge is -2.14. The van der Waals surface area contributed by atoms with Crippen molar-refractivity contribution in [1.82, 2.24) is 4.98 Å². The van der Waals surface area contributed by atoms with Crippen molar-refractivity contribution in [2.24, 2.45) is 5.73 Å². The summed E-state index contributed by atoms with van der Waals surface area (Å²) >= 11 is 6.98. The summed E-state index contributed by atoms with van der Waals surface area (Å²) in [7, 11) is 2.09. The van der Waals surface area contributed by atoms with Crippen LogP contribution in [0.1, 0.15) is 41.6 Å². The Hall–Kier alpha value is -0.430. The van der Waals surface area contributed by atoms with Crippen molar-refractivity contribution in [3.05, 3.63) is 31.4 Å². The predicted molar refractivity (Wildman–Crippen MR) is 92.8 cm³/mol. The van der Waals surface area contributed by atoms with Crippen molar-refractivity contribution >= 4 is 43.7 Å². The van der Waals surface area contributed by atoms with E-state index in [2.05, 4.69) is 53.2 Å². The largest absolute Gasteiger partial charge is 0.346 e. The Morgan fingerprint density at radius 3 is 2.80 bits per heavy atom. The second-order valence-corrected chi connectivity index (χ2v) is 7.88. The number of nitrogens with zero attached hydrogens (tertiary/aromatic N) is 2. The number of rotatable bonds is 6. The molecule has 0 fully saturated rings. The summed E-state index contributed by atoms with van der Waals surface area (Å²) in [5.41, 5.74) is 7.04. The minimum atomic E-state index is 0.475. The van der Waals surface area contributed by atoms with Gasteiger partial charge in [-0.05, 0) is 34.3 Å². The second-order valence-electron chi connectivity index (χ2n) is 4.91. The Morgan fingerprint density at radius 1 is 1.50 bits per heavy atom. The van der Waals surface area contributed by atoms with Crippen molar-refractivity contribution in [2.75, 3.05) is 11.9 Å². The van der Waals surface area contributed by atoms with Gasteiger partial charge in [0.05, 0.1) is 12.2 Å². The van der Waals surface area contributed by atoms with Gasteiger partial charge in [-0.2, -0.15) is 0 Å². The first-order valence-corrected chi connectivity index (χ1v) is 9.17. The molecule has 0 aliphatic rings. The zero-order chi connectivity index (χ0) is 14.7. The van der Waals surface area contributed by atoms with Crippen LogP contribution in [0.15, 0.2) is 15.9 Å². The Balaban J connectivity index is 2.17. The van der Waals surface area contributed by atoms with Gasteiger partial charge < -0.3 is 10.6 Å². The first kappa shape index (κ1) is 15.9. The Morgan fingerprint density at radius 2 is 2.25 bits per heavy atom. The third-order valence-corrected chi connectivity index (χ3v) is 6.21. The summed E-state index contributed by atoms with van der Waals surface area (Å²) in [6.07, 6.45) is 1.09. The van der Waals surface area contributed by atoms with Crippen LogP contribution in [0.25, 0.3) is 0 Å². The lowest BCUT2D eigenvalue weighted by atomic mass is 10.0. The van der Waals surface area contributed by atoms with Gasteiger partial charge in [0.1, 0.15) is 0 Å². The van der Waals surface area contributed by atoms with Gasteiger partial charge in [0, 0.05) is 33.2 Å². The highest BCUT2D eigenvalue weighted by Crippen LogP contribution is 2.32. The van der Waals surface area contributed by atoms with Crippen molar-refractivity contribution in [3.63, 3.8) is 0 Å². The van der Waals surface area contributed by atoms with Gasteiger partial charge in [-0.15, -0.1) is 22.7 Å². The Kier molecular flexibility index (Phi) is 5.60. The molecule has 0 aliphatic carbocycles. The van der Waals surface area contributed by atoms with E-state index in [0.29, 0.717) is 12.5 Å². The lowest BCUT2D eigenvalue weighted by molar-refractivity contribution is 0.702. The molecule has 0 amide bonds. The van der Waals surface area contributed by atoms with Crippen LogP contribution in [0.5, 0.6) is 0 Å². The summed E-state index contributed by atoms with van der Waals surface area (Å²) in [6.45, 7) is 5.87. The number of thiazole rings is 1. The van der Waals surface area contributed by atoms with Crippen LogP contribution in [-0.4, -0.2) is 12.0 Å². The molecule has 3 nitrogen and oxygen atoms in total. The van der Waals surface area contributed by atoms with Gasteiger partial charge in [-0.1, -0.05) is 13.8 Å². The van der Waals surface area contributed by atoms with Crippen molar-refractivity contribution in [3.8, 4) is 0 Å². The maximum absolute atomic E-state index is 5.86. The van der Waals surface area contributed by atoms with E-state index in [0.717, 1.165) is 22.6 Å².